The average molecular weight is 436 g/mol. The van der Waals surface area contributed by atoms with Gasteiger partial charge in [-0.15, -0.1) is 0 Å². The minimum atomic E-state index is -5.35. The van der Waals surface area contributed by atoms with E-state index in [2.05, 4.69) is 0 Å². The van der Waals surface area contributed by atoms with Crippen molar-refractivity contribution in [2.75, 3.05) is 14.1 Å². The van der Waals surface area contributed by atoms with E-state index in [0.29, 0.717) is 0 Å². The zero-order valence-electron chi connectivity index (χ0n) is 16.5. The molecule has 0 aromatic heterocycles. The van der Waals surface area contributed by atoms with E-state index in [1.54, 1.807) is 6.07 Å². The Hall–Kier alpha value is -3.40. The van der Waals surface area contributed by atoms with Gasteiger partial charge in [-0.25, -0.2) is 9.59 Å². The minimum Gasteiger partial charge on any atom is -0.478 e. The van der Waals surface area contributed by atoms with E-state index in [0.717, 1.165) is 24.1 Å². The number of amides is 2. The van der Waals surface area contributed by atoms with Crippen molar-refractivity contribution in [1.82, 2.24) is 9.80 Å². The number of hydrogen-bond donors (Lipinski definition) is 2. The molecule has 2 N–H and O–H groups in total. The van der Waals surface area contributed by atoms with Crippen LogP contribution in [0.4, 0.5) is 18.0 Å². The zero-order chi connectivity index (χ0) is 23.1. The third kappa shape index (κ3) is 3.52. The number of carboxylic acid groups (broad SMARTS) is 1. The van der Waals surface area contributed by atoms with E-state index in [1.807, 2.05) is 0 Å². The summed E-state index contributed by atoms with van der Waals surface area (Å²) < 4.78 is 42.5. The number of ketones is 1. The van der Waals surface area contributed by atoms with Crippen LogP contribution in [0, 0.1) is 5.92 Å². The first-order valence-corrected chi connectivity index (χ1v) is 9.13. The van der Waals surface area contributed by atoms with Crippen LogP contribution in [0.25, 0.3) is 0 Å². The molecule has 1 saturated heterocycles. The Bertz CT molecular complexity index is 1010. The van der Waals surface area contributed by atoms with Gasteiger partial charge in [0.25, 0.3) is 5.72 Å². The van der Waals surface area contributed by atoms with Crippen LogP contribution in [0.5, 0.6) is 0 Å². The number of carbonyl (C=O) groups is 3. The van der Waals surface area contributed by atoms with Gasteiger partial charge in [0.1, 0.15) is 5.92 Å². The number of benzene rings is 2. The largest absolute Gasteiger partial charge is 0.478 e. The average Bonchev–Trinajstić information content (AvgIpc) is 2.74. The van der Waals surface area contributed by atoms with Crippen molar-refractivity contribution >= 4 is 17.8 Å². The van der Waals surface area contributed by atoms with Gasteiger partial charge < -0.3 is 15.1 Å². The van der Waals surface area contributed by atoms with Crippen LogP contribution in [0.15, 0.2) is 54.6 Å². The van der Waals surface area contributed by atoms with Crippen LogP contribution in [0.3, 0.4) is 0 Å². The smallest absolute Gasteiger partial charge is 0.437 e. The summed E-state index contributed by atoms with van der Waals surface area (Å²) in [5.41, 5.74) is -3.91. The summed E-state index contributed by atoms with van der Waals surface area (Å²) in [7, 11) is 2.00. The molecule has 1 heterocycles. The molecule has 7 nitrogen and oxygen atoms in total. The number of hydrogen-bond acceptors (Lipinski definition) is 4. The quantitative estimate of drug-likeness (QED) is 0.718. The number of aliphatic hydroxyl groups is 1. The molecule has 1 aliphatic rings. The van der Waals surface area contributed by atoms with Crippen LogP contribution >= 0.6 is 0 Å². The maximum atomic E-state index is 14.2. The van der Waals surface area contributed by atoms with Crippen molar-refractivity contribution in [3.63, 3.8) is 0 Å². The third-order valence-electron chi connectivity index (χ3n) is 5.52. The Morgan fingerprint density at radius 1 is 0.968 bits per heavy atom. The van der Waals surface area contributed by atoms with Gasteiger partial charge in [0.15, 0.2) is 5.78 Å². The second-order valence-corrected chi connectivity index (χ2v) is 7.26. The van der Waals surface area contributed by atoms with Gasteiger partial charge >= 0.3 is 18.2 Å². The Balaban J connectivity index is 2.25. The Morgan fingerprint density at radius 3 is 2.00 bits per heavy atom. The maximum absolute atomic E-state index is 14.2. The predicted octanol–water partition coefficient (Wildman–Crippen LogP) is 3.17. The molecule has 164 valence electrons. The first kappa shape index (κ1) is 22.3. The van der Waals surface area contributed by atoms with Gasteiger partial charge in [0.2, 0.25) is 0 Å². The van der Waals surface area contributed by atoms with Gasteiger partial charge in [0, 0.05) is 19.7 Å². The van der Waals surface area contributed by atoms with Crippen molar-refractivity contribution in [3.8, 4) is 0 Å². The Labute approximate surface area is 175 Å². The molecular formula is C21H19F3N2O5. The second kappa shape index (κ2) is 7.69. The minimum absolute atomic E-state index is 0.0709. The van der Waals surface area contributed by atoms with Crippen molar-refractivity contribution in [1.29, 1.82) is 0 Å². The number of Topliss-reactive ketones (excluding diaryl/α,β-unsaturated/α-hetero) is 1. The third-order valence-corrected chi connectivity index (χ3v) is 5.52. The van der Waals surface area contributed by atoms with Crippen LogP contribution in [0.2, 0.25) is 0 Å². The van der Waals surface area contributed by atoms with E-state index < -0.39 is 41.6 Å². The summed E-state index contributed by atoms with van der Waals surface area (Å²) in [4.78, 5) is 38.1. The standard InChI is InChI=1S/C21H19F3N2O5/c1-25-16(12-8-10-14(11-9-12)18(28)29)15(17(27)13-6-4-3-5-7-13)20(31,21(22,23)24)26(2)19(25)30/h3-11,15-16,31H,1-2H3,(H,28,29). The number of rotatable bonds is 4. The lowest BCUT2D eigenvalue weighted by molar-refractivity contribution is -0.328. The summed E-state index contributed by atoms with van der Waals surface area (Å²) in [5.74, 6) is -4.40. The lowest BCUT2D eigenvalue weighted by atomic mass is 9.75. The molecule has 1 fully saturated rings. The number of aromatic carboxylic acids is 1. The SMILES string of the molecule is CN1C(=O)N(C)C(O)(C(F)(F)F)C(C(=O)c2ccccc2)C1c1ccc(C(=O)O)cc1. The maximum Gasteiger partial charge on any atom is 0.437 e. The summed E-state index contributed by atoms with van der Waals surface area (Å²) in [6.07, 6.45) is -5.35. The number of carboxylic acids is 1. The highest BCUT2D eigenvalue weighted by Gasteiger charge is 2.70. The molecule has 3 atom stereocenters. The van der Waals surface area contributed by atoms with Gasteiger partial charge in [-0.05, 0) is 17.7 Å². The molecule has 3 unspecified atom stereocenters. The fraction of sp³-hybridized carbons (Fsp3) is 0.286. The van der Waals surface area contributed by atoms with Crippen molar-refractivity contribution < 1.29 is 37.8 Å². The molecule has 2 amide bonds. The number of nitrogens with zero attached hydrogens (tertiary/aromatic N) is 2. The topological polar surface area (TPSA) is 98.2 Å². The van der Waals surface area contributed by atoms with E-state index >= 15 is 0 Å². The number of urea groups is 1. The molecule has 2 aromatic rings. The first-order chi connectivity index (χ1) is 14.4. The van der Waals surface area contributed by atoms with Gasteiger partial charge in [-0.1, -0.05) is 42.5 Å². The highest BCUT2D eigenvalue weighted by Crippen LogP contribution is 2.50. The first-order valence-electron chi connectivity index (χ1n) is 9.13. The highest BCUT2D eigenvalue weighted by atomic mass is 19.4. The van der Waals surface area contributed by atoms with Crippen LogP contribution in [0.1, 0.15) is 32.3 Å². The lowest BCUT2D eigenvalue weighted by Crippen LogP contribution is -2.73. The molecule has 31 heavy (non-hydrogen) atoms. The van der Waals surface area contributed by atoms with E-state index in [4.69, 9.17) is 5.11 Å². The summed E-state index contributed by atoms with van der Waals surface area (Å²) in [5, 5.41) is 19.9. The molecule has 1 aliphatic heterocycles. The van der Waals surface area contributed by atoms with Crippen molar-refractivity contribution in [2.45, 2.75) is 17.9 Å². The Kier molecular flexibility index (Phi) is 5.53. The normalized spacial score (nSPS) is 24.3. The van der Waals surface area contributed by atoms with Crippen LogP contribution in [-0.4, -0.2) is 63.8 Å². The van der Waals surface area contributed by atoms with Gasteiger partial charge in [-0.2, -0.15) is 13.2 Å². The fourth-order valence-corrected chi connectivity index (χ4v) is 3.87. The number of halogens is 3. The lowest BCUT2D eigenvalue weighted by Gasteiger charge is -2.53. The van der Waals surface area contributed by atoms with E-state index in [9.17, 15) is 32.7 Å². The summed E-state index contributed by atoms with van der Waals surface area (Å²) in [6.45, 7) is 0. The van der Waals surface area contributed by atoms with Crippen LogP contribution in [-0.2, 0) is 0 Å². The molecule has 2 aromatic carbocycles. The predicted molar refractivity (Wildman–Crippen MR) is 102 cm³/mol. The summed E-state index contributed by atoms with van der Waals surface area (Å²) in [6, 6.07) is 9.27. The molecule has 3 rings (SSSR count). The van der Waals surface area contributed by atoms with E-state index in [-0.39, 0.29) is 21.6 Å². The molecular weight excluding hydrogens is 417 g/mol. The fourth-order valence-electron chi connectivity index (χ4n) is 3.87. The molecule has 0 bridgehead atoms. The number of carbonyl (C=O) groups excluding carboxylic acids is 2. The Morgan fingerprint density at radius 2 is 1.52 bits per heavy atom. The summed E-state index contributed by atoms with van der Waals surface area (Å²) >= 11 is 0. The van der Waals surface area contributed by atoms with Crippen molar-refractivity contribution in [2.24, 2.45) is 5.92 Å². The molecule has 0 spiro atoms. The highest BCUT2D eigenvalue weighted by molar-refractivity contribution is 6.00. The molecule has 10 heteroatoms. The van der Waals surface area contributed by atoms with Crippen molar-refractivity contribution in [3.05, 3.63) is 71.3 Å². The number of alkyl halides is 3. The molecule has 0 radical (unpaired) electrons. The molecule has 0 saturated carbocycles. The van der Waals surface area contributed by atoms with E-state index in [1.165, 1.54) is 43.4 Å². The van der Waals surface area contributed by atoms with Gasteiger partial charge in [0.05, 0.1) is 11.6 Å². The monoisotopic (exact) mass is 436 g/mol. The second-order valence-electron chi connectivity index (χ2n) is 7.26. The van der Waals surface area contributed by atoms with Crippen LogP contribution < -0.4 is 0 Å². The zero-order valence-corrected chi connectivity index (χ0v) is 16.5. The van der Waals surface area contributed by atoms with Gasteiger partial charge in [-0.3, -0.25) is 9.69 Å². The molecule has 0 aliphatic carbocycles.